The van der Waals surface area contributed by atoms with Crippen LogP contribution >= 0.6 is 11.6 Å². The number of hydrogen-bond donors (Lipinski definition) is 3. The van der Waals surface area contributed by atoms with Crippen LogP contribution in [0.2, 0.25) is 5.02 Å². The molecule has 0 bridgehead atoms. The molecule has 0 saturated heterocycles. The number of hydrogen-bond acceptors (Lipinski definition) is 4. The van der Waals surface area contributed by atoms with Crippen molar-refractivity contribution in [1.82, 2.24) is 5.32 Å². The van der Waals surface area contributed by atoms with Crippen molar-refractivity contribution in [2.45, 2.75) is 26.4 Å². The molecular weight excluding hydrogens is 306 g/mol. The van der Waals surface area contributed by atoms with Gasteiger partial charge >= 0.3 is 0 Å². The monoisotopic (exact) mass is 323 g/mol. The molecule has 1 amide bonds. The van der Waals surface area contributed by atoms with Crippen LogP contribution in [0.25, 0.3) is 0 Å². The van der Waals surface area contributed by atoms with Crippen molar-refractivity contribution < 1.29 is 19.4 Å². The summed E-state index contributed by atoms with van der Waals surface area (Å²) in [7, 11) is 0. The third-order valence-electron chi connectivity index (χ3n) is 3.42. The number of amides is 1. The molecule has 1 aromatic heterocycles. The van der Waals surface area contributed by atoms with Crippen LogP contribution in [0.4, 0.5) is 0 Å². The lowest BCUT2D eigenvalue weighted by Gasteiger charge is -2.23. The van der Waals surface area contributed by atoms with Crippen LogP contribution in [0, 0.1) is 13.8 Å². The molecular formula is C16H18ClNO4. The molecule has 0 fully saturated rings. The number of aromatic hydroxyl groups is 1. The second-order valence-corrected chi connectivity index (χ2v) is 5.86. The molecule has 118 valence electrons. The number of phenols is 1. The standard InChI is InChI=1S/C16H18ClNO4/c1-9-6-12(10(2)22-9)16(3,21)8-18-15(20)11-4-5-14(19)13(17)7-11/h4-7,19,21H,8H2,1-3H3,(H,18,20). The minimum atomic E-state index is -1.25. The molecule has 1 aromatic carbocycles. The fourth-order valence-electron chi connectivity index (χ4n) is 2.26. The van der Waals surface area contributed by atoms with Gasteiger partial charge in [0.1, 0.15) is 22.9 Å². The molecule has 0 radical (unpaired) electrons. The van der Waals surface area contributed by atoms with Gasteiger partial charge in [0.15, 0.2) is 0 Å². The van der Waals surface area contributed by atoms with Gasteiger partial charge in [0, 0.05) is 11.1 Å². The molecule has 1 heterocycles. The topological polar surface area (TPSA) is 82.7 Å². The Kier molecular flexibility index (Phi) is 4.49. The molecule has 6 heteroatoms. The van der Waals surface area contributed by atoms with Crippen LogP contribution in [0.1, 0.15) is 34.4 Å². The van der Waals surface area contributed by atoms with Gasteiger partial charge in [-0.2, -0.15) is 0 Å². The van der Waals surface area contributed by atoms with Gasteiger partial charge in [-0.1, -0.05) is 11.6 Å². The first-order valence-corrected chi connectivity index (χ1v) is 7.15. The molecule has 5 nitrogen and oxygen atoms in total. The first-order chi connectivity index (χ1) is 10.2. The van der Waals surface area contributed by atoms with Crippen LogP contribution in [-0.2, 0) is 5.60 Å². The number of carbonyl (C=O) groups excluding carboxylic acids is 1. The predicted octanol–water partition coefficient (Wildman–Crippen LogP) is 2.89. The predicted molar refractivity (Wildman–Crippen MR) is 83.2 cm³/mol. The van der Waals surface area contributed by atoms with Crippen LogP contribution in [0.3, 0.4) is 0 Å². The highest BCUT2D eigenvalue weighted by molar-refractivity contribution is 6.32. The summed E-state index contributed by atoms with van der Waals surface area (Å²) >= 11 is 5.78. The van der Waals surface area contributed by atoms with Crippen molar-refractivity contribution in [2.75, 3.05) is 6.54 Å². The van der Waals surface area contributed by atoms with Crippen LogP contribution < -0.4 is 5.32 Å². The Morgan fingerprint density at radius 3 is 2.59 bits per heavy atom. The average Bonchev–Trinajstić information content (AvgIpc) is 2.79. The molecule has 0 aliphatic carbocycles. The fourth-order valence-corrected chi connectivity index (χ4v) is 2.44. The normalized spacial score (nSPS) is 13.7. The Labute approximate surface area is 133 Å². The summed E-state index contributed by atoms with van der Waals surface area (Å²) in [4.78, 5) is 12.1. The number of halogens is 1. The van der Waals surface area contributed by atoms with Gasteiger partial charge in [0.2, 0.25) is 0 Å². The van der Waals surface area contributed by atoms with Crippen molar-refractivity contribution in [1.29, 1.82) is 0 Å². The van der Waals surface area contributed by atoms with Gasteiger partial charge in [-0.25, -0.2) is 0 Å². The van der Waals surface area contributed by atoms with E-state index in [2.05, 4.69) is 5.32 Å². The zero-order chi connectivity index (χ0) is 16.5. The summed E-state index contributed by atoms with van der Waals surface area (Å²) in [6, 6.07) is 5.92. The summed E-state index contributed by atoms with van der Waals surface area (Å²) in [6.07, 6.45) is 0. The Balaban J connectivity index is 2.09. The molecule has 1 unspecified atom stereocenters. The van der Waals surface area contributed by atoms with Crippen molar-refractivity contribution >= 4 is 17.5 Å². The second kappa shape index (κ2) is 6.02. The van der Waals surface area contributed by atoms with Crippen molar-refractivity contribution in [3.63, 3.8) is 0 Å². The summed E-state index contributed by atoms with van der Waals surface area (Å²) in [6.45, 7) is 5.18. The number of benzene rings is 1. The maximum atomic E-state index is 12.1. The summed E-state index contributed by atoms with van der Waals surface area (Å²) in [5, 5.41) is 22.6. The highest BCUT2D eigenvalue weighted by Gasteiger charge is 2.28. The van der Waals surface area contributed by atoms with Crippen molar-refractivity contribution in [3.8, 4) is 5.75 Å². The lowest BCUT2D eigenvalue weighted by atomic mass is 9.96. The van der Waals surface area contributed by atoms with E-state index in [1.807, 2.05) is 0 Å². The number of aryl methyl sites for hydroxylation is 2. The SMILES string of the molecule is Cc1cc(C(C)(O)CNC(=O)c2ccc(O)c(Cl)c2)c(C)o1. The van der Waals surface area contributed by atoms with Gasteiger partial charge in [0.05, 0.1) is 11.6 Å². The third kappa shape index (κ3) is 3.43. The zero-order valence-corrected chi connectivity index (χ0v) is 13.4. The number of aliphatic hydroxyl groups is 1. The van der Waals surface area contributed by atoms with Crippen LogP contribution in [0.5, 0.6) is 5.75 Å². The minimum Gasteiger partial charge on any atom is -0.506 e. The van der Waals surface area contributed by atoms with E-state index in [1.165, 1.54) is 18.2 Å². The maximum Gasteiger partial charge on any atom is 0.251 e. The molecule has 3 N–H and O–H groups in total. The van der Waals surface area contributed by atoms with Gasteiger partial charge in [-0.15, -0.1) is 0 Å². The van der Waals surface area contributed by atoms with E-state index in [0.29, 0.717) is 22.6 Å². The number of furan rings is 1. The first-order valence-electron chi connectivity index (χ1n) is 6.77. The quantitative estimate of drug-likeness (QED) is 0.808. The zero-order valence-electron chi connectivity index (χ0n) is 12.6. The molecule has 2 aromatic rings. The molecule has 0 aliphatic rings. The number of phenolic OH excluding ortho intramolecular Hbond substituents is 1. The lowest BCUT2D eigenvalue weighted by Crippen LogP contribution is -2.38. The van der Waals surface area contributed by atoms with E-state index >= 15 is 0 Å². The summed E-state index contributed by atoms with van der Waals surface area (Å²) < 4.78 is 5.40. The molecule has 1 atom stereocenters. The molecule has 22 heavy (non-hydrogen) atoms. The largest absolute Gasteiger partial charge is 0.506 e. The van der Waals surface area contributed by atoms with Crippen molar-refractivity contribution in [3.05, 3.63) is 51.9 Å². The Bertz CT molecular complexity index is 706. The van der Waals surface area contributed by atoms with Crippen LogP contribution in [-0.4, -0.2) is 22.7 Å². The average molecular weight is 324 g/mol. The van der Waals surface area contributed by atoms with E-state index in [0.717, 1.165) is 0 Å². The van der Waals surface area contributed by atoms with Crippen molar-refractivity contribution in [2.24, 2.45) is 0 Å². The Hall–Kier alpha value is -1.98. The van der Waals surface area contributed by atoms with E-state index in [4.69, 9.17) is 16.0 Å². The lowest BCUT2D eigenvalue weighted by molar-refractivity contribution is 0.0514. The summed E-state index contributed by atoms with van der Waals surface area (Å²) in [5.41, 5.74) is -0.314. The second-order valence-electron chi connectivity index (χ2n) is 5.45. The van der Waals surface area contributed by atoms with E-state index in [1.54, 1.807) is 26.8 Å². The number of rotatable bonds is 4. The minimum absolute atomic E-state index is 0.0180. The van der Waals surface area contributed by atoms with Gasteiger partial charge in [-0.3, -0.25) is 4.79 Å². The van der Waals surface area contributed by atoms with Gasteiger partial charge in [0.25, 0.3) is 5.91 Å². The van der Waals surface area contributed by atoms with Gasteiger partial charge < -0.3 is 19.9 Å². The van der Waals surface area contributed by atoms with Gasteiger partial charge in [-0.05, 0) is 45.0 Å². The highest BCUT2D eigenvalue weighted by Crippen LogP contribution is 2.27. The van der Waals surface area contributed by atoms with E-state index < -0.39 is 5.60 Å². The van der Waals surface area contributed by atoms with Crippen LogP contribution in [0.15, 0.2) is 28.7 Å². The Morgan fingerprint density at radius 2 is 2.05 bits per heavy atom. The number of carbonyl (C=O) groups is 1. The summed E-state index contributed by atoms with van der Waals surface area (Å²) in [5.74, 6) is 0.837. The highest BCUT2D eigenvalue weighted by atomic mass is 35.5. The Morgan fingerprint density at radius 1 is 1.36 bits per heavy atom. The molecule has 0 saturated carbocycles. The first kappa shape index (κ1) is 16.4. The van der Waals surface area contributed by atoms with E-state index in [9.17, 15) is 15.0 Å². The maximum absolute atomic E-state index is 12.1. The number of nitrogens with one attached hydrogen (secondary N) is 1. The third-order valence-corrected chi connectivity index (χ3v) is 3.73. The fraction of sp³-hybridized carbons (Fsp3) is 0.312. The smallest absolute Gasteiger partial charge is 0.251 e. The molecule has 0 aliphatic heterocycles. The molecule has 0 spiro atoms. The van der Waals surface area contributed by atoms with E-state index in [-0.39, 0.29) is 23.2 Å². The molecule has 2 rings (SSSR count).